The summed E-state index contributed by atoms with van der Waals surface area (Å²) in [5.41, 5.74) is 5.67. The van der Waals surface area contributed by atoms with E-state index in [1.54, 1.807) is 0 Å². The number of hydrogen-bond donors (Lipinski definition) is 0. The Morgan fingerprint density at radius 1 is 1.31 bits per heavy atom. The molecule has 0 nitrogen and oxygen atoms in total. The minimum atomic E-state index is 0.826. The molecule has 0 spiro atoms. The number of rotatable bonds is 2. The normalized spacial score (nSPS) is 15.8. The van der Waals surface area contributed by atoms with E-state index in [-0.39, 0.29) is 0 Å². The van der Waals surface area contributed by atoms with E-state index in [1.807, 2.05) is 6.08 Å². The van der Waals surface area contributed by atoms with Crippen LogP contribution in [-0.2, 0) is 0 Å². The Bertz CT molecular complexity index is 343. The highest BCUT2D eigenvalue weighted by atomic mass is 14.3. The van der Waals surface area contributed by atoms with E-state index in [1.165, 1.54) is 35.1 Å². The minimum Gasteiger partial charge on any atom is -0.0984 e. The van der Waals surface area contributed by atoms with Crippen LogP contribution in [0.15, 0.2) is 18.7 Å². The summed E-state index contributed by atoms with van der Waals surface area (Å²) in [7, 11) is 0. The van der Waals surface area contributed by atoms with Crippen LogP contribution < -0.4 is 0 Å². The minimum absolute atomic E-state index is 0.826. The second-order valence-corrected chi connectivity index (χ2v) is 3.99. The first-order valence-corrected chi connectivity index (χ1v) is 4.96. The smallest absolute Gasteiger partial charge is 0.0155 e. The summed E-state index contributed by atoms with van der Waals surface area (Å²) in [6.07, 6.45) is 4.74. The topological polar surface area (TPSA) is 0 Å². The fourth-order valence-electron chi connectivity index (χ4n) is 1.88. The third-order valence-corrected chi connectivity index (χ3v) is 3.04. The molecule has 0 N–H and O–H groups in total. The van der Waals surface area contributed by atoms with E-state index in [0.29, 0.717) is 0 Å². The van der Waals surface area contributed by atoms with Gasteiger partial charge in [0, 0.05) is 0 Å². The number of benzene rings is 1. The third-order valence-electron chi connectivity index (χ3n) is 3.04. The SMILES string of the molecule is C=Cc1c(C2CC2)ccc(C)c1C. The van der Waals surface area contributed by atoms with Crippen molar-refractivity contribution < 1.29 is 0 Å². The van der Waals surface area contributed by atoms with Crippen molar-refractivity contribution >= 4 is 6.08 Å². The molecular formula is C13H16. The lowest BCUT2D eigenvalue weighted by molar-refractivity contribution is 1.10. The lowest BCUT2D eigenvalue weighted by atomic mass is 9.95. The molecule has 13 heavy (non-hydrogen) atoms. The molecule has 0 saturated heterocycles. The van der Waals surface area contributed by atoms with Gasteiger partial charge in [0.05, 0.1) is 0 Å². The van der Waals surface area contributed by atoms with Gasteiger partial charge in [-0.1, -0.05) is 24.8 Å². The van der Waals surface area contributed by atoms with Crippen molar-refractivity contribution in [3.8, 4) is 0 Å². The summed E-state index contributed by atoms with van der Waals surface area (Å²) in [5, 5.41) is 0. The average Bonchev–Trinajstić information content (AvgIpc) is 2.92. The number of aryl methyl sites for hydroxylation is 1. The van der Waals surface area contributed by atoms with Crippen molar-refractivity contribution in [1.82, 2.24) is 0 Å². The lowest BCUT2D eigenvalue weighted by Gasteiger charge is -2.10. The predicted molar refractivity (Wildman–Crippen MR) is 58.0 cm³/mol. The molecule has 0 aliphatic heterocycles. The number of hydrogen-bond acceptors (Lipinski definition) is 0. The molecule has 0 radical (unpaired) electrons. The molecule has 0 heterocycles. The van der Waals surface area contributed by atoms with Crippen molar-refractivity contribution in [3.05, 3.63) is 41.0 Å². The van der Waals surface area contributed by atoms with Crippen LogP contribution in [0.1, 0.15) is 41.0 Å². The molecular weight excluding hydrogens is 156 g/mol. The van der Waals surface area contributed by atoms with E-state index in [4.69, 9.17) is 0 Å². The van der Waals surface area contributed by atoms with E-state index in [9.17, 15) is 0 Å². The summed E-state index contributed by atoms with van der Waals surface area (Å²) in [6.45, 7) is 8.26. The van der Waals surface area contributed by atoms with Crippen LogP contribution in [0.2, 0.25) is 0 Å². The van der Waals surface area contributed by atoms with Gasteiger partial charge in [0.1, 0.15) is 0 Å². The monoisotopic (exact) mass is 172 g/mol. The van der Waals surface area contributed by atoms with Crippen molar-refractivity contribution in [2.45, 2.75) is 32.6 Å². The summed E-state index contributed by atoms with van der Waals surface area (Å²) < 4.78 is 0. The molecule has 1 fully saturated rings. The standard InChI is InChI=1S/C13H16/c1-4-12-10(3)9(2)5-8-13(12)11-6-7-11/h4-5,8,11H,1,6-7H2,2-3H3. The molecule has 2 rings (SSSR count). The first-order valence-electron chi connectivity index (χ1n) is 4.96. The molecule has 68 valence electrons. The molecule has 0 aromatic heterocycles. The van der Waals surface area contributed by atoms with Gasteiger partial charge in [-0.15, -0.1) is 0 Å². The Labute approximate surface area is 80.3 Å². The van der Waals surface area contributed by atoms with Gasteiger partial charge < -0.3 is 0 Å². The van der Waals surface area contributed by atoms with Crippen molar-refractivity contribution in [2.75, 3.05) is 0 Å². The maximum atomic E-state index is 3.90. The van der Waals surface area contributed by atoms with Crippen LogP contribution in [0.4, 0.5) is 0 Å². The van der Waals surface area contributed by atoms with Gasteiger partial charge in [-0.25, -0.2) is 0 Å². The summed E-state index contributed by atoms with van der Waals surface area (Å²) >= 11 is 0. The summed E-state index contributed by atoms with van der Waals surface area (Å²) in [5.74, 6) is 0.826. The lowest BCUT2D eigenvalue weighted by Crippen LogP contribution is -1.92. The molecule has 0 atom stereocenters. The predicted octanol–water partition coefficient (Wildman–Crippen LogP) is 3.82. The Morgan fingerprint density at radius 3 is 2.54 bits per heavy atom. The molecule has 0 amide bonds. The van der Waals surface area contributed by atoms with E-state index in [2.05, 4.69) is 32.6 Å². The Morgan fingerprint density at radius 2 is 2.00 bits per heavy atom. The maximum Gasteiger partial charge on any atom is -0.0155 e. The zero-order valence-electron chi connectivity index (χ0n) is 8.43. The average molecular weight is 172 g/mol. The third kappa shape index (κ3) is 1.41. The molecule has 1 saturated carbocycles. The highest BCUT2D eigenvalue weighted by molar-refractivity contribution is 5.59. The maximum absolute atomic E-state index is 3.90. The molecule has 0 bridgehead atoms. The van der Waals surface area contributed by atoms with Gasteiger partial charge in [-0.05, 0) is 54.9 Å². The quantitative estimate of drug-likeness (QED) is 0.636. The Kier molecular flexibility index (Phi) is 1.99. The molecule has 1 aliphatic carbocycles. The Balaban J connectivity index is 2.56. The van der Waals surface area contributed by atoms with Crippen LogP contribution in [0.3, 0.4) is 0 Å². The van der Waals surface area contributed by atoms with Crippen molar-refractivity contribution in [2.24, 2.45) is 0 Å². The van der Waals surface area contributed by atoms with E-state index in [0.717, 1.165) is 5.92 Å². The molecule has 1 aromatic carbocycles. The van der Waals surface area contributed by atoms with E-state index >= 15 is 0 Å². The molecule has 0 unspecified atom stereocenters. The molecule has 0 heteroatoms. The van der Waals surface area contributed by atoms with Gasteiger partial charge in [0.2, 0.25) is 0 Å². The Hall–Kier alpha value is -1.04. The fraction of sp³-hybridized carbons (Fsp3) is 0.385. The van der Waals surface area contributed by atoms with Crippen LogP contribution >= 0.6 is 0 Å². The molecule has 1 aromatic rings. The van der Waals surface area contributed by atoms with Crippen molar-refractivity contribution in [3.63, 3.8) is 0 Å². The van der Waals surface area contributed by atoms with Crippen molar-refractivity contribution in [1.29, 1.82) is 0 Å². The zero-order chi connectivity index (χ0) is 9.42. The molecule has 1 aliphatic rings. The van der Waals surface area contributed by atoms with Crippen LogP contribution in [0, 0.1) is 13.8 Å². The zero-order valence-corrected chi connectivity index (χ0v) is 8.43. The fourth-order valence-corrected chi connectivity index (χ4v) is 1.88. The van der Waals surface area contributed by atoms with Gasteiger partial charge in [0.15, 0.2) is 0 Å². The van der Waals surface area contributed by atoms with Gasteiger partial charge in [0.25, 0.3) is 0 Å². The first kappa shape index (κ1) is 8.55. The van der Waals surface area contributed by atoms with Crippen LogP contribution in [-0.4, -0.2) is 0 Å². The highest BCUT2D eigenvalue weighted by Crippen LogP contribution is 2.42. The summed E-state index contributed by atoms with van der Waals surface area (Å²) in [6, 6.07) is 4.51. The summed E-state index contributed by atoms with van der Waals surface area (Å²) in [4.78, 5) is 0. The van der Waals surface area contributed by atoms with Crippen LogP contribution in [0.25, 0.3) is 6.08 Å². The second-order valence-electron chi connectivity index (χ2n) is 3.99. The highest BCUT2D eigenvalue weighted by Gasteiger charge is 2.25. The van der Waals surface area contributed by atoms with Gasteiger partial charge in [-0.2, -0.15) is 0 Å². The van der Waals surface area contributed by atoms with Gasteiger partial charge >= 0.3 is 0 Å². The van der Waals surface area contributed by atoms with Gasteiger partial charge in [-0.3, -0.25) is 0 Å². The van der Waals surface area contributed by atoms with E-state index < -0.39 is 0 Å². The largest absolute Gasteiger partial charge is 0.0984 e. The second kappa shape index (κ2) is 3.02. The first-order chi connectivity index (χ1) is 6.24. The van der Waals surface area contributed by atoms with Crippen LogP contribution in [0.5, 0.6) is 0 Å².